The lowest BCUT2D eigenvalue weighted by Crippen LogP contribution is -2.05. The van der Waals surface area contributed by atoms with Gasteiger partial charge in [-0.05, 0) is 24.3 Å². The quantitative estimate of drug-likeness (QED) is 0.629. The van der Waals surface area contributed by atoms with E-state index in [0.29, 0.717) is 9.79 Å². The van der Waals surface area contributed by atoms with E-state index >= 15 is 0 Å². The maximum Gasteiger partial charge on any atom is 0.350 e. The molecular weight excluding hydrogens is 280 g/mol. The van der Waals surface area contributed by atoms with Gasteiger partial charge in [0.15, 0.2) is 0 Å². The third kappa shape index (κ3) is 3.54. The molecule has 19 heavy (non-hydrogen) atoms. The van der Waals surface area contributed by atoms with E-state index in [1.807, 2.05) is 36.4 Å². The molecule has 0 radical (unpaired) electrons. The standard InChI is InChI=1S/C12H10N4OS2/c13-15-18(11-7-3-1-4-8-11)17-19(16-14)12-9-5-2-6-10-12/h1-10H. The van der Waals surface area contributed by atoms with Gasteiger partial charge in [0.25, 0.3) is 0 Å². The molecule has 0 aromatic heterocycles. The monoisotopic (exact) mass is 290 g/mol. The smallest absolute Gasteiger partial charge is 0.348 e. The molecule has 0 aliphatic heterocycles. The molecule has 0 saturated heterocycles. The van der Waals surface area contributed by atoms with Crippen molar-refractivity contribution in [2.45, 2.75) is 9.79 Å². The molecule has 2 aromatic rings. The lowest BCUT2D eigenvalue weighted by Gasteiger charge is -1.96. The van der Waals surface area contributed by atoms with Gasteiger partial charge in [-0.3, -0.25) is 0 Å². The first kappa shape index (κ1) is 13.5. The molecule has 0 fully saturated rings. The van der Waals surface area contributed by atoms with Crippen LogP contribution >= 0.6 is 0 Å². The molecule has 0 amide bonds. The van der Waals surface area contributed by atoms with Gasteiger partial charge < -0.3 is 11.1 Å². The maximum atomic E-state index is 9.06. The Bertz CT molecular complexity index is 603. The van der Waals surface area contributed by atoms with Gasteiger partial charge in [-0.15, -0.1) is 11.9 Å². The lowest BCUT2D eigenvalue weighted by molar-refractivity contribution is 0.722. The van der Waals surface area contributed by atoms with Crippen LogP contribution in [-0.2, 0) is 25.6 Å². The lowest BCUT2D eigenvalue weighted by atomic mass is 10.4. The highest BCUT2D eigenvalue weighted by molar-refractivity contribution is 7.95. The van der Waals surface area contributed by atoms with Crippen LogP contribution in [0.1, 0.15) is 0 Å². The molecule has 0 saturated carbocycles. The Morgan fingerprint density at radius 2 is 1.05 bits per heavy atom. The molecule has 0 spiro atoms. The molecule has 0 bridgehead atoms. The van der Waals surface area contributed by atoms with E-state index in [1.54, 1.807) is 24.3 Å². The first-order valence-corrected chi connectivity index (χ1v) is 7.54. The van der Waals surface area contributed by atoms with E-state index in [1.165, 1.54) is 0 Å². The summed E-state index contributed by atoms with van der Waals surface area (Å²) in [5.41, 5.74) is 18.1. The van der Waals surface area contributed by atoms with Crippen molar-refractivity contribution in [1.82, 2.24) is 8.32 Å². The molecule has 2 aromatic carbocycles. The SMILES string of the molecule is [N-]=[N+]=S(OS(=[N+]=[N-])c1ccccc1)c1ccccc1. The second-order valence-electron chi connectivity index (χ2n) is 3.36. The van der Waals surface area contributed by atoms with Gasteiger partial charge in [-0.2, -0.15) is 0 Å². The molecule has 5 nitrogen and oxygen atoms in total. The highest BCUT2D eigenvalue weighted by Crippen LogP contribution is 2.13. The van der Waals surface area contributed by atoms with E-state index in [2.05, 4.69) is 8.32 Å². The normalized spacial score (nSPS) is 13.1. The predicted molar refractivity (Wildman–Crippen MR) is 76.2 cm³/mol. The molecule has 0 heterocycles. The van der Waals surface area contributed by atoms with Crippen LogP contribution in [0.25, 0.3) is 11.1 Å². The van der Waals surface area contributed by atoms with Gasteiger partial charge in [0.1, 0.15) is 9.79 Å². The highest BCUT2D eigenvalue weighted by atomic mass is 32.3. The van der Waals surface area contributed by atoms with E-state index in [4.69, 9.17) is 14.7 Å². The second kappa shape index (κ2) is 6.89. The van der Waals surface area contributed by atoms with Crippen molar-refractivity contribution >= 4 is 21.9 Å². The molecule has 2 unspecified atom stereocenters. The van der Waals surface area contributed by atoms with Crippen molar-refractivity contribution in [2.24, 2.45) is 0 Å². The summed E-state index contributed by atoms with van der Waals surface area (Å²) in [6.45, 7) is 0. The summed E-state index contributed by atoms with van der Waals surface area (Å²) < 4.78 is 12.0. The fourth-order valence-electron chi connectivity index (χ4n) is 1.33. The number of hydrogen-bond donors (Lipinski definition) is 0. The second-order valence-corrected chi connectivity index (χ2v) is 6.17. The average Bonchev–Trinajstić information content (AvgIpc) is 2.50. The summed E-state index contributed by atoms with van der Waals surface area (Å²) in [5, 5.41) is 0. The summed E-state index contributed by atoms with van der Waals surface area (Å²) in [6.07, 6.45) is 0. The van der Waals surface area contributed by atoms with Crippen molar-refractivity contribution in [2.75, 3.05) is 0 Å². The van der Waals surface area contributed by atoms with E-state index in [9.17, 15) is 0 Å². The van der Waals surface area contributed by atoms with Crippen LogP contribution in [0.2, 0.25) is 0 Å². The Morgan fingerprint density at radius 3 is 1.37 bits per heavy atom. The van der Waals surface area contributed by atoms with Crippen molar-refractivity contribution in [3.8, 4) is 0 Å². The number of rotatable bonds is 4. The van der Waals surface area contributed by atoms with Crippen LogP contribution < -0.4 is 8.32 Å². The summed E-state index contributed by atoms with van der Waals surface area (Å²) in [5.74, 6) is 0. The molecule has 7 heteroatoms. The van der Waals surface area contributed by atoms with Crippen LogP contribution in [0.15, 0.2) is 70.5 Å². The largest absolute Gasteiger partial charge is 0.350 e. The Labute approximate surface area is 115 Å². The topological polar surface area (TPSA) is 82.0 Å². The summed E-state index contributed by atoms with van der Waals surface area (Å²) >= 11 is 0. The van der Waals surface area contributed by atoms with Crippen LogP contribution in [0.3, 0.4) is 0 Å². The Balaban J connectivity index is 2.29. The van der Waals surface area contributed by atoms with Crippen LogP contribution in [-0.4, -0.2) is 0 Å². The zero-order valence-electron chi connectivity index (χ0n) is 9.79. The van der Waals surface area contributed by atoms with Gasteiger partial charge in [0, 0.05) is 0 Å². The minimum atomic E-state index is -1.19. The van der Waals surface area contributed by atoms with Crippen LogP contribution in [0, 0.1) is 0 Å². The Kier molecular flexibility index (Phi) is 4.92. The van der Waals surface area contributed by atoms with E-state index in [0.717, 1.165) is 0 Å². The van der Waals surface area contributed by atoms with Gasteiger partial charge in [0.2, 0.25) is 0 Å². The molecule has 2 atom stereocenters. The van der Waals surface area contributed by atoms with Crippen LogP contribution in [0.4, 0.5) is 0 Å². The van der Waals surface area contributed by atoms with Crippen molar-refractivity contribution in [1.29, 1.82) is 0 Å². The molecule has 0 N–H and O–H groups in total. The van der Waals surface area contributed by atoms with Crippen molar-refractivity contribution < 1.29 is 3.63 Å². The molecule has 0 aliphatic carbocycles. The third-order valence-corrected chi connectivity index (χ3v) is 4.85. The zero-order valence-corrected chi connectivity index (χ0v) is 11.4. The number of benzene rings is 2. The summed E-state index contributed by atoms with van der Waals surface area (Å²) in [6, 6.07) is 18.1. The van der Waals surface area contributed by atoms with Gasteiger partial charge >= 0.3 is 21.9 Å². The molecular formula is C12H10N4OS2. The van der Waals surface area contributed by atoms with Gasteiger partial charge in [-0.1, -0.05) is 36.4 Å². The predicted octanol–water partition coefficient (Wildman–Crippen LogP) is 2.73. The zero-order chi connectivity index (χ0) is 13.5. The van der Waals surface area contributed by atoms with Gasteiger partial charge in [0.05, 0.1) is 0 Å². The average molecular weight is 290 g/mol. The van der Waals surface area contributed by atoms with Gasteiger partial charge in [-0.25, -0.2) is 0 Å². The molecule has 2 rings (SSSR count). The maximum absolute atomic E-state index is 9.06. The third-order valence-electron chi connectivity index (χ3n) is 2.17. The van der Waals surface area contributed by atoms with Crippen molar-refractivity contribution in [3.05, 3.63) is 71.7 Å². The first-order chi connectivity index (χ1) is 9.35. The van der Waals surface area contributed by atoms with E-state index < -0.39 is 21.9 Å². The summed E-state index contributed by atoms with van der Waals surface area (Å²) in [7, 11) is -2.37. The number of hydrogen-bond acceptors (Lipinski definition) is 1. The molecule has 0 aliphatic rings. The first-order valence-electron chi connectivity index (χ1n) is 5.33. The fourth-order valence-corrected chi connectivity index (χ4v) is 3.64. The minimum Gasteiger partial charge on any atom is -0.348 e. The van der Waals surface area contributed by atoms with E-state index in [-0.39, 0.29) is 0 Å². The Hall–Kier alpha value is -1.88. The Morgan fingerprint density at radius 1 is 0.684 bits per heavy atom. The fraction of sp³-hybridized carbons (Fsp3) is 0. The van der Waals surface area contributed by atoms with Crippen molar-refractivity contribution in [3.63, 3.8) is 0 Å². The molecule has 96 valence electrons. The number of nitrogens with zero attached hydrogens (tertiary/aromatic N) is 4. The minimum absolute atomic E-state index is 0.710. The highest BCUT2D eigenvalue weighted by Gasteiger charge is 2.20. The summed E-state index contributed by atoms with van der Waals surface area (Å²) in [4.78, 5) is 1.42. The van der Waals surface area contributed by atoms with Crippen LogP contribution in [0.5, 0.6) is 0 Å².